The molecule has 9 nitrogen and oxygen atoms in total. The van der Waals surface area contributed by atoms with Gasteiger partial charge in [-0.3, -0.25) is 9.59 Å². The number of nitrogens with one attached hydrogen (secondary N) is 2. The van der Waals surface area contributed by atoms with E-state index in [1.54, 1.807) is 61.9 Å². The summed E-state index contributed by atoms with van der Waals surface area (Å²) in [6.07, 6.45) is 0. The van der Waals surface area contributed by atoms with Gasteiger partial charge in [-0.05, 0) is 60.7 Å². The van der Waals surface area contributed by atoms with E-state index < -0.39 is 30.4 Å². The Kier molecular flexibility index (Phi) is 6.88. The smallest absolute Gasteiger partial charge is 0.284 e. The Balaban J connectivity index is 1.61. The lowest BCUT2D eigenvalue weighted by atomic mass is 9.82. The van der Waals surface area contributed by atoms with Crippen LogP contribution in [0.4, 0.5) is 11.4 Å². The Morgan fingerprint density at radius 1 is 0.900 bits per heavy atom. The van der Waals surface area contributed by atoms with Crippen molar-refractivity contribution in [3.63, 3.8) is 0 Å². The highest BCUT2D eigenvalue weighted by atomic mass is 31.2. The molecular weight excluding hydrogens is 529 g/mol. The molecule has 2 aliphatic rings. The second-order valence-electron chi connectivity index (χ2n) is 11.2. The van der Waals surface area contributed by atoms with Gasteiger partial charge in [0.1, 0.15) is 24.3 Å². The second kappa shape index (κ2) is 10.1. The molecule has 0 bridgehead atoms. The fraction of sp³-hybridized carbons (Fsp3) is 0.267. The number of amides is 2. The largest absolute Gasteiger partial charge is 0.505 e. The van der Waals surface area contributed by atoms with E-state index in [-0.39, 0.29) is 34.9 Å². The molecule has 3 aromatic rings. The SMILES string of the molecule is CC(C)(C)[C@@H](NC1=C(Nc2cccc(P(C)(C)=O)c2O)C(=O)N(c2ccccc2)C1=O)c1ccc2c(c1)OCO2. The minimum atomic E-state index is -2.83. The van der Waals surface area contributed by atoms with E-state index in [1.807, 2.05) is 39.0 Å². The van der Waals surface area contributed by atoms with E-state index in [0.717, 1.165) is 10.5 Å². The average molecular weight is 562 g/mol. The number of benzene rings is 3. The van der Waals surface area contributed by atoms with Gasteiger partial charge in [0.2, 0.25) is 6.79 Å². The lowest BCUT2D eigenvalue weighted by Gasteiger charge is -2.33. The number of aromatic hydroxyl groups is 1. The molecule has 1 atom stereocenters. The van der Waals surface area contributed by atoms with Crippen LogP contribution in [0.25, 0.3) is 0 Å². The van der Waals surface area contributed by atoms with Crippen molar-refractivity contribution in [2.45, 2.75) is 26.8 Å². The molecule has 40 heavy (non-hydrogen) atoms. The topological polar surface area (TPSA) is 117 Å². The summed E-state index contributed by atoms with van der Waals surface area (Å²) >= 11 is 0. The normalized spacial score (nSPS) is 16.0. The van der Waals surface area contributed by atoms with Gasteiger partial charge in [0.15, 0.2) is 11.5 Å². The quantitative estimate of drug-likeness (QED) is 0.211. The Labute approximate surface area is 233 Å². The van der Waals surface area contributed by atoms with Gasteiger partial charge in [-0.1, -0.05) is 51.1 Å². The lowest BCUT2D eigenvalue weighted by Crippen LogP contribution is -2.37. The molecule has 0 saturated heterocycles. The van der Waals surface area contributed by atoms with Crippen molar-refractivity contribution in [2.75, 3.05) is 30.3 Å². The van der Waals surface area contributed by atoms with Gasteiger partial charge < -0.3 is 29.8 Å². The zero-order chi connectivity index (χ0) is 28.8. The van der Waals surface area contributed by atoms with E-state index in [2.05, 4.69) is 10.6 Å². The second-order valence-corrected chi connectivity index (χ2v) is 14.4. The van der Waals surface area contributed by atoms with Crippen molar-refractivity contribution in [2.24, 2.45) is 5.41 Å². The first-order valence-electron chi connectivity index (χ1n) is 12.8. The molecule has 0 saturated carbocycles. The van der Waals surface area contributed by atoms with Gasteiger partial charge >= 0.3 is 0 Å². The highest BCUT2D eigenvalue weighted by Gasteiger charge is 2.42. The minimum absolute atomic E-state index is 0.0293. The molecule has 208 valence electrons. The molecule has 0 unspecified atom stereocenters. The van der Waals surface area contributed by atoms with Gasteiger partial charge in [0.25, 0.3) is 11.8 Å². The van der Waals surface area contributed by atoms with Crippen LogP contribution in [0.15, 0.2) is 78.1 Å². The van der Waals surface area contributed by atoms with Crippen molar-refractivity contribution in [3.8, 4) is 17.2 Å². The minimum Gasteiger partial charge on any atom is -0.505 e. The van der Waals surface area contributed by atoms with Gasteiger partial charge in [0, 0.05) is 0 Å². The Bertz CT molecular complexity index is 1570. The molecule has 0 radical (unpaired) electrons. The van der Waals surface area contributed by atoms with Gasteiger partial charge in [-0.2, -0.15) is 0 Å². The molecule has 0 spiro atoms. The van der Waals surface area contributed by atoms with Crippen LogP contribution in [-0.4, -0.2) is 37.0 Å². The van der Waals surface area contributed by atoms with Gasteiger partial charge in [-0.15, -0.1) is 0 Å². The molecule has 0 fully saturated rings. The number of hydrogen-bond acceptors (Lipinski definition) is 8. The van der Waals surface area contributed by atoms with Crippen LogP contribution in [0.3, 0.4) is 0 Å². The zero-order valence-corrected chi connectivity index (χ0v) is 23.9. The number of nitrogens with zero attached hydrogens (tertiary/aromatic N) is 1. The summed E-state index contributed by atoms with van der Waals surface area (Å²) in [7, 11) is -2.83. The van der Waals surface area contributed by atoms with E-state index in [0.29, 0.717) is 17.2 Å². The maximum absolute atomic E-state index is 13.9. The standard InChI is InChI=1S/C30H32N3O6P/c1-30(2,3)27(18-14-15-21-22(16-18)39-17-38-21)32-25-24(28(35)33(29(25)36)19-10-7-6-8-11-19)31-20-12-9-13-23(26(20)34)40(4,5)37/h6-16,27,31-32,34H,17H2,1-5H3/t27-/m0/s1. The monoisotopic (exact) mass is 561 g/mol. The zero-order valence-electron chi connectivity index (χ0n) is 23.0. The molecule has 2 aliphatic heterocycles. The van der Waals surface area contributed by atoms with Crippen LogP contribution in [0.5, 0.6) is 17.2 Å². The summed E-state index contributed by atoms with van der Waals surface area (Å²) in [6.45, 7) is 9.31. The van der Waals surface area contributed by atoms with Gasteiger partial charge in [-0.25, -0.2) is 4.90 Å². The summed E-state index contributed by atoms with van der Waals surface area (Å²) in [6, 6.07) is 18.6. The average Bonchev–Trinajstić information content (AvgIpc) is 3.44. The first-order valence-corrected chi connectivity index (χ1v) is 15.4. The molecule has 10 heteroatoms. The molecular formula is C30H32N3O6P. The molecule has 5 rings (SSSR count). The first-order chi connectivity index (χ1) is 18.9. The highest BCUT2D eigenvalue weighted by Crippen LogP contribution is 2.43. The third-order valence-electron chi connectivity index (χ3n) is 6.84. The Morgan fingerprint density at radius 2 is 1.57 bits per heavy atom. The summed E-state index contributed by atoms with van der Waals surface area (Å²) in [5.41, 5.74) is 1.03. The van der Waals surface area contributed by atoms with Crippen LogP contribution in [0, 0.1) is 5.41 Å². The summed E-state index contributed by atoms with van der Waals surface area (Å²) in [5.74, 6) is -0.117. The van der Waals surface area contributed by atoms with E-state index in [1.165, 1.54) is 0 Å². The van der Waals surface area contributed by atoms with Crippen molar-refractivity contribution in [1.82, 2.24) is 5.32 Å². The van der Waals surface area contributed by atoms with E-state index in [9.17, 15) is 19.3 Å². The van der Waals surface area contributed by atoms with Crippen molar-refractivity contribution < 1.29 is 28.7 Å². The number of imide groups is 1. The molecule has 3 aromatic carbocycles. The number of phenols is 1. The van der Waals surface area contributed by atoms with Crippen molar-refractivity contribution >= 4 is 35.6 Å². The summed E-state index contributed by atoms with van der Waals surface area (Å²) < 4.78 is 23.8. The predicted molar refractivity (Wildman–Crippen MR) is 155 cm³/mol. The first kappa shape index (κ1) is 27.3. The van der Waals surface area contributed by atoms with Crippen molar-refractivity contribution in [1.29, 1.82) is 0 Å². The Morgan fingerprint density at radius 3 is 2.25 bits per heavy atom. The van der Waals surface area contributed by atoms with Crippen molar-refractivity contribution in [3.05, 3.63) is 83.7 Å². The number of ether oxygens (including phenoxy) is 2. The van der Waals surface area contributed by atoms with E-state index >= 15 is 0 Å². The van der Waals surface area contributed by atoms with Crippen LogP contribution in [-0.2, 0) is 14.2 Å². The fourth-order valence-electron chi connectivity index (χ4n) is 4.83. The third-order valence-corrected chi connectivity index (χ3v) is 8.36. The number of phenolic OH excluding ortho intramolecular Hbond substituents is 1. The molecule has 0 aliphatic carbocycles. The summed E-state index contributed by atoms with van der Waals surface area (Å²) in [5, 5.41) is 17.6. The van der Waals surface area contributed by atoms with Crippen LogP contribution in [0.2, 0.25) is 0 Å². The Hall–Kier alpha value is -4.23. The van der Waals surface area contributed by atoms with Gasteiger partial charge in [0.05, 0.1) is 22.7 Å². The number of carbonyl (C=O) groups excluding carboxylic acids is 2. The number of fused-ring (bicyclic) bond motifs is 1. The maximum Gasteiger partial charge on any atom is 0.284 e. The number of para-hydroxylation sites is 2. The number of rotatable bonds is 7. The molecule has 3 N–H and O–H groups in total. The molecule has 2 amide bonds. The van der Waals surface area contributed by atoms with Crippen LogP contribution >= 0.6 is 7.14 Å². The highest BCUT2D eigenvalue weighted by molar-refractivity contribution is 7.70. The number of carbonyl (C=O) groups is 2. The van der Waals surface area contributed by atoms with E-state index in [4.69, 9.17) is 9.47 Å². The predicted octanol–water partition coefficient (Wildman–Crippen LogP) is 4.94. The number of hydrogen-bond donors (Lipinski definition) is 3. The lowest BCUT2D eigenvalue weighted by molar-refractivity contribution is -0.120. The third kappa shape index (κ3) is 5.05. The molecule has 2 heterocycles. The van der Waals surface area contributed by atoms with Crippen LogP contribution in [0.1, 0.15) is 32.4 Å². The molecule has 0 aromatic heterocycles. The fourth-order valence-corrected chi connectivity index (χ4v) is 5.91. The summed E-state index contributed by atoms with van der Waals surface area (Å²) in [4.78, 5) is 28.8. The van der Waals surface area contributed by atoms with Crippen LogP contribution < -0.4 is 30.3 Å². The maximum atomic E-state index is 13.9. The number of anilines is 2.